The zero-order valence-corrected chi connectivity index (χ0v) is 15.9. The SMILES string of the molecule is O=C(NCc1ccc(COCC(F)(F)F)cc1)c1cnn(-c2ccc(Cl)cc2)c1. The van der Waals surface area contributed by atoms with Gasteiger partial charge in [-0.2, -0.15) is 18.3 Å². The molecule has 0 spiro atoms. The van der Waals surface area contributed by atoms with E-state index in [2.05, 4.69) is 15.2 Å². The van der Waals surface area contributed by atoms with E-state index >= 15 is 0 Å². The fraction of sp³-hybridized carbons (Fsp3) is 0.200. The summed E-state index contributed by atoms with van der Waals surface area (Å²) < 4.78 is 42.4. The second kappa shape index (κ2) is 9.11. The number of carbonyl (C=O) groups excluding carboxylic acids is 1. The van der Waals surface area contributed by atoms with Crippen molar-refractivity contribution in [3.63, 3.8) is 0 Å². The molecule has 0 aliphatic heterocycles. The number of benzene rings is 2. The van der Waals surface area contributed by atoms with Gasteiger partial charge in [-0.25, -0.2) is 4.68 Å². The minimum Gasteiger partial charge on any atom is -0.367 e. The Morgan fingerprint density at radius 1 is 1.07 bits per heavy atom. The smallest absolute Gasteiger partial charge is 0.367 e. The van der Waals surface area contributed by atoms with Crippen molar-refractivity contribution in [3.05, 3.63) is 82.6 Å². The lowest BCUT2D eigenvalue weighted by Crippen LogP contribution is -2.22. The normalized spacial score (nSPS) is 11.4. The molecule has 0 unspecified atom stereocenters. The summed E-state index contributed by atoms with van der Waals surface area (Å²) in [4.78, 5) is 12.3. The summed E-state index contributed by atoms with van der Waals surface area (Å²) in [6.45, 7) is -1.14. The molecule has 0 saturated heterocycles. The third-order valence-electron chi connectivity index (χ3n) is 3.95. The molecule has 3 aromatic rings. The van der Waals surface area contributed by atoms with Crippen LogP contribution >= 0.6 is 11.6 Å². The van der Waals surface area contributed by atoms with E-state index in [-0.39, 0.29) is 19.1 Å². The molecule has 1 aromatic heterocycles. The highest BCUT2D eigenvalue weighted by Gasteiger charge is 2.27. The number of hydrogen-bond donors (Lipinski definition) is 1. The number of nitrogens with one attached hydrogen (secondary N) is 1. The van der Waals surface area contributed by atoms with Crippen LogP contribution in [0.25, 0.3) is 5.69 Å². The minimum absolute atomic E-state index is 0.129. The lowest BCUT2D eigenvalue weighted by molar-refractivity contribution is -0.176. The van der Waals surface area contributed by atoms with Crippen molar-refractivity contribution in [2.24, 2.45) is 0 Å². The van der Waals surface area contributed by atoms with Gasteiger partial charge in [-0.05, 0) is 35.4 Å². The van der Waals surface area contributed by atoms with Crippen molar-refractivity contribution in [2.45, 2.75) is 19.3 Å². The number of ether oxygens (including phenoxy) is 1. The van der Waals surface area contributed by atoms with E-state index in [1.807, 2.05) is 0 Å². The molecule has 0 atom stereocenters. The van der Waals surface area contributed by atoms with Crippen LogP contribution < -0.4 is 5.32 Å². The number of nitrogens with zero attached hydrogens (tertiary/aromatic N) is 2. The van der Waals surface area contributed by atoms with Crippen LogP contribution in [0.4, 0.5) is 13.2 Å². The molecule has 0 bridgehead atoms. The summed E-state index contributed by atoms with van der Waals surface area (Å²) in [5.41, 5.74) is 2.60. The molecule has 29 heavy (non-hydrogen) atoms. The quantitative estimate of drug-likeness (QED) is 0.607. The van der Waals surface area contributed by atoms with Gasteiger partial charge < -0.3 is 10.1 Å². The van der Waals surface area contributed by atoms with E-state index in [0.717, 1.165) is 11.3 Å². The average Bonchev–Trinajstić information content (AvgIpc) is 3.17. The van der Waals surface area contributed by atoms with E-state index in [4.69, 9.17) is 11.6 Å². The van der Waals surface area contributed by atoms with Gasteiger partial charge in [0.25, 0.3) is 5.91 Å². The Balaban J connectivity index is 1.51. The number of aromatic nitrogens is 2. The van der Waals surface area contributed by atoms with Crippen LogP contribution in [-0.2, 0) is 17.9 Å². The summed E-state index contributed by atoms with van der Waals surface area (Å²) in [6, 6.07) is 13.8. The highest BCUT2D eigenvalue weighted by atomic mass is 35.5. The molecule has 2 aromatic carbocycles. The standard InChI is InChI=1S/C20H17ClF3N3O2/c21-17-5-7-18(8-6-17)27-11-16(10-26-27)19(28)25-9-14-1-3-15(4-2-14)12-29-13-20(22,23)24/h1-8,10-11H,9,12-13H2,(H,25,28). The predicted octanol–water partition coefficient (Wildman–Crippen LogP) is 4.53. The van der Waals surface area contributed by atoms with Gasteiger partial charge in [0.1, 0.15) is 6.61 Å². The summed E-state index contributed by atoms with van der Waals surface area (Å²) in [7, 11) is 0. The van der Waals surface area contributed by atoms with Crippen molar-refractivity contribution < 1.29 is 22.7 Å². The second-order valence-corrected chi connectivity index (χ2v) is 6.69. The van der Waals surface area contributed by atoms with Gasteiger partial charge in [0, 0.05) is 17.8 Å². The first-order chi connectivity index (χ1) is 13.8. The van der Waals surface area contributed by atoms with E-state index in [9.17, 15) is 18.0 Å². The highest BCUT2D eigenvalue weighted by molar-refractivity contribution is 6.30. The van der Waals surface area contributed by atoms with Crippen molar-refractivity contribution in [3.8, 4) is 5.69 Å². The van der Waals surface area contributed by atoms with Crippen LogP contribution in [0, 0.1) is 0 Å². The molecule has 152 valence electrons. The van der Waals surface area contributed by atoms with Gasteiger partial charge in [0.15, 0.2) is 0 Å². The molecule has 9 heteroatoms. The zero-order valence-electron chi connectivity index (χ0n) is 15.1. The summed E-state index contributed by atoms with van der Waals surface area (Å²) in [5.74, 6) is -0.289. The third-order valence-corrected chi connectivity index (χ3v) is 4.20. The summed E-state index contributed by atoms with van der Waals surface area (Å²) >= 11 is 5.86. The van der Waals surface area contributed by atoms with Crippen LogP contribution in [0.5, 0.6) is 0 Å². The van der Waals surface area contributed by atoms with Crippen LogP contribution in [0.1, 0.15) is 21.5 Å². The molecule has 0 fully saturated rings. The van der Waals surface area contributed by atoms with Gasteiger partial charge in [0.2, 0.25) is 0 Å². The fourth-order valence-corrected chi connectivity index (χ4v) is 2.62. The monoisotopic (exact) mass is 423 g/mol. The maximum atomic E-state index is 12.3. The highest BCUT2D eigenvalue weighted by Crippen LogP contribution is 2.16. The Bertz CT molecular complexity index is 954. The Kier molecular flexibility index (Phi) is 6.56. The maximum absolute atomic E-state index is 12.3. The molecule has 0 aliphatic rings. The van der Waals surface area contributed by atoms with Gasteiger partial charge in [-0.15, -0.1) is 0 Å². The minimum atomic E-state index is -4.34. The second-order valence-electron chi connectivity index (χ2n) is 6.26. The molecule has 3 rings (SSSR count). The van der Waals surface area contributed by atoms with Crippen LogP contribution in [0.3, 0.4) is 0 Å². The molecular weight excluding hydrogens is 407 g/mol. The van der Waals surface area contributed by atoms with Crippen molar-refractivity contribution in [2.75, 3.05) is 6.61 Å². The first-order valence-electron chi connectivity index (χ1n) is 8.61. The Labute approximate surface area is 170 Å². The number of rotatable bonds is 7. The molecule has 1 N–H and O–H groups in total. The summed E-state index contributed by atoms with van der Waals surface area (Å²) in [6.07, 6.45) is -1.27. The molecule has 1 heterocycles. The Hall–Kier alpha value is -2.84. The van der Waals surface area contributed by atoms with Gasteiger partial charge in [-0.3, -0.25) is 4.79 Å². The van der Waals surface area contributed by atoms with Gasteiger partial charge in [0.05, 0.1) is 24.1 Å². The number of carbonyl (C=O) groups is 1. The van der Waals surface area contributed by atoms with E-state index in [1.54, 1.807) is 59.4 Å². The average molecular weight is 424 g/mol. The van der Waals surface area contributed by atoms with E-state index in [0.29, 0.717) is 16.1 Å². The zero-order chi connectivity index (χ0) is 20.9. The lowest BCUT2D eigenvalue weighted by Gasteiger charge is -2.08. The Morgan fingerprint density at radius 2 is 1.72 bits per heavy atom. The van der Waals surface area contributed by atoms with Crippen LogP contribution in [0.2, 0.25) is 5.02 Å². The number of alkyl halides is 3. The first kappa shape index (κ1) is 20.9. The van der Waals surface area contributed by atoms with Crippen molar-refractivity contribution >= 4 is 17.5 Å². The molecular formula is C20H17ClF3N3O2. The number of hydrogen-bond acceptors (Lipinski definition) is 3. The molecule has 1 amide bonds. The van der Waals surface area contributed by atoms with Gasteiger partial charge in [-0.1, -0.05) is 35.9 Å². The lowest BCUT2D eigenvalue weighted by atomic mass is 10.1. The molecule has 0 radical (unpaired) electrons. The maximum Gasteiger partial charge on any atom is 0.411 e. The fourth-order valence-electron chi connectivity index (χ4n) is 2.50. The van der Waals surface area contributed by atoms with E-state index < -0.39 is 12.8 Å². The van der Waals surface area contributed by atoms with Crippen LogP contribution in [0.15, 0.2) is 60.9 Å². The first-order valence-corrected chi connectivity index (χ1v) is 8.99. The van der Waals surface area contributed by atoms with Crippen molar-refractivity contribution in [1.29, 1.82) is 0 Å². The topological polar surface area (TPSA) is 56.1 Å². The molecule has 0 saturated carbocycles. The Morgan fingerprint density at radius 3 is 2.38 bits per heavy atom. The molecule has 0 aliphatic carbocycles. The predicted molar refractivity (Wildman–Crippen MR) is 102 cm³/mol. The van der Waals surface area contributed by atoms with Crippen molar-refractivity contribution in [1.82, 2.24) is 15.1 Å². The van der Waals surface area contributed by atoms with E-state index in [1.165, 1.54) is 6.20 Å². The largest absolute Gasteiger partial charge is 0.411 e. The molecule has 5 nitrogen and oxygen atoms in total. The van der Waals surface area contributed by atoms with Gasteiger partial charge >= 0.3 is 6.18 Å². The number of halogens is 4. The third kappa shape index (κ3) is 6.33. The number of amides is 1. The van der Waals surface area contributed by atoms with Crippen LogP contribution in [-0.4, -0.2) is 28.5 Å². The summed E-state index contributed by atoms with van der Waals surface area (Å²) in [5, 5.41) is 7.55.